The lowest BCUT2D eigenvalue weighted by atomic mass is 9.85. The van der Waals surface area contributed by atoms with Crippen LogP contribution >= 0.6 is 0 Å². The number of para-hydroxylation sites is 4. The fourth-order valence-electron chi connectivity index (χ4n) is 20.8. The predicted octanol–water partition coefficient (Wildman–Crippen LogP) is 35.3. The van der Waals surface area contributed by atoms with E-state index in [0.29, 0.717) is 28.9 Å². The van der Waals surface area contributed by atoms with Crippen LogP contribution in [0, 0.1) is 6.92 Å². The first-order chi connectivity index (χ1) is 71.8. The highest BCUT2D eigenvalue weighted by molar-refractivity contribution is 6.23. The summed E-state index contributed by atoms with van der Waals surface area (Å²) < 4.78 is 4.51. The second kappa shape index (κ2) is 38.4. The van der Waals surface area contributed by atoms with Crippen molar-refractivity contribution < 1.29 is 0 Å². The van der Waals surface area contributed by atoms with Crippen molar-refractivity contribution in [1.29, 1.82) is 0 Å². The maximum atomic E-state index is 5.29. The molecule has 0 radical (unpaired) electrons. The van der Waals surface area contributed by atoms with Crippen molar-refractivity contribution in [2.45, 2.75) is 6.92 Å². The Kier molecular flexibility index (Phi) is 23.1. The average molecular weight is 1850 g/mol. The third-order valence-corrected chi connectivity index (χ3v) is 27.6. The molecule has 5 heterocycles. The van der Waals surface area contributed by atoms with E-state index in [4.69, 9.17) is 34.9 Å². The third kappa shape index (κ3) is 17.2. The SMILES string of the molecule is Cc1nc2ccccc2n1-c1ccc(-c2c3ccccc3c(-c3ccc4ccccc4c3)c3ccccc23)cc1.c1ccc(-c2cc(-c3ccccc3)cc(-c3nc(-c4cc(-c5ccccc5)cc(-c5ccccc5)n4)nc(-c4cc(-c5ccccc5)cc(-c5ccccc5)n4)n3)c2)cc1.c1ccc(-c2nc3ccccc3n2-c2ccc(-c3c4ccccc4c(-c4ccc5ccccc5c4)c4ccccc34)cc2)cc1. The van der Waals surface area contributed by atoms with Crippen LogP contribution in [0.1, 0.15) is 5.82 Å². The van der Waals surface area contributed by atoms with Crippen molar-refractivity contribution in [3.05, 3.63) is 540 Å². The molecule has 0 saturated carbocycles. The molecule has 680 valence electrons. The molecule has 9 heteroatoms. The first-order valence-corrected chi connectivity index (χ1v) is 49.1. The van der Waals surface area contributed by atoms with Crippen molar-refractivity contribution in [2.24, 2.45) is 0 Å². The maximum absolute atomic E-state index is 5.29. The smallest absolute Gasteiger partial charge is 0.182 e. The summed E-state index contributed by atoms with van der Waals surface area (Å²) in [6.07, 6.45) is 0. The quantitative estimate of drug-likeness (QED) is 0.0889. The standard InChI is InChI=1S/C55H37N5.C43H28N2.C38H26N2/c1-7-19-38(20-8-1)44-31-45(39-21-9-2-10-22-39)33-48(32-44)53-58-54(51-36-46(40-23-11-3-12-24-40)34-49(56-51)42-27-15-5-16-28-42)60-55(59-53)52-37-47(41-25-13-4-14-26-41)35-50(57-52)43-29-17-6-18-30-43;1-2-13-31(14-3-1)43-44-39-20-10-11-21-40(39)45(43)34-26-24-30(25-27-34)41-35-16-6-8-18-37(35)42(38-19-9-7-17-36(38)41)33-23-22-29-12-4-5-15-32(29)28-33;1-25-39-35-16-8-9-17-36(35)40(25)30-22-20-27(21-23-30)37-31-12-4-6-14-33(31)38(34-15-7-5-13-32(34)37)29-19-18-26-10-2-3-11-28(26)24-29/h1-37H;1-28H;2-24H,1H3. The van der Waals surface area contributed by atoms with E-state index in [1.165, 1.54) is 109 Å². The van der Waals surface area contributed by atoms with Gasteiger partial charge in [0.15, 0.2) is 17.5 Å². The van der Waals surface area contributed by atoms with Crippen LogP contribution in [-0.2, 0) is 0 Å². The fourth-order valence-corrected chi connectivity index (χ4v) is 20.8. The zero-order chi connectivity index (χ0) is 96.5. The molecule has 0 unspecified atom stereocenters. The van der Waals surface area contributed by atoms with Gasteiger partial charge in [-0.05, 0) is 264 Å². The molecule has 0 aliphatic carbocycles. The molecule has 145 heavy (non-hydrogen) atoms. The number of pyridine rings is 2. The molecule has 9 nitrogen and oxygen atoms in total. The van der Waals surface area contributed by atoms with Crippen molar-refractivity contribution in [1.82, 2.24) is 44.0 Å². The molecule has 22 aromatic carbocycles. The van der Waals surface area contributed by atoms with Gasteiger partial charge in [0.2, 0.25) is 0 Å². The van der Waals surface area contributed by atoms with Crippen LogP contribution in [0.25, 0.3) is 255 Å². The molecule has 0 aliphatic heterocycles. The minimum absolute atomic E-state index is 0.449. The lowest BCUT2D eigenvalue weighted by Gasteiger charge is -2.18. The van der Waals surface area contributed by atoms with E-state index in [0.717, 1.165) is 123 Å². The number of hydrogen-bond donors (Lipinski definition) is 0. The molecule has 0 fully saturated rings. The molecule has 0 spiro atoms. The Labute approximate surface area is 840 Å². The second-order valence-electron chi connectivity index (χ2n) is 36.6. The van der Waals surface area contributed by atoms with E-state index in [1.807, 2.05) is 72.8 Å². The molecule has 27 rings (SSSR count). The van der Waals surface area contributed by atoms with E-state index < -0.39 is 0 Å². The topological polar surface area (TPSA) is 100 Å². The Hall–Kier alpha value is -19.4. The Morgan fingerprint density at radius 1 is 0.152 bits per heavy atom. The summed E-state index contributed by atoms with van der Waals surface area (Å²) in [5.41, 5.74) is 31.8. The summed E-state index contributed by atoms with van der Waals surface area (Å²) in [5, 5.41) is 15.1. The van der Waals surface area contributed by atoms with Gasteiger partial charge < -0.3 is 0 Å². The molecular formula is C136H91N9. The minimum atomic E-state index is 0.449. The first-order valence-electron chi connectivity index (χ1n) is 49.1. The van der Waals surface area contributed by atoms with E-state index in [2.05, 4.69) is 477 Å². The molecule has 0 saturated heterocycles. The van der Waals surface area contributed by atoms with E-state index in [9.17, 15) is 0 Å². The summed E-state index contributed by atoms with van der Waals surface area (Å²) in [4.78, 5) is 36.2. The maximum Gasteiger partial charge on any atom is 0.182 e. The largest absolute Gasteiger partial charge is 0.297 e. The number of nitrogens with zero attached hydrogens (tertiary/aromatic N) is 9. The number of aryl methyl sites for hydroxylation is 1. The van der Waals surface area contributed by atoms with Gasteiger partial charge in [-0.3, -0.25) is 9.13 Å². The van der Waals surface area contributed by atoms with Gasteiger partial charge in [-0.15, -0.1) is 0 Å². The number of imidazole rings is 2. The van der Waals surface area contributed by atoms with Gasteiger partial charge in [0.05, 0.1) is 33.5 Å². The number of fused-ring (bicyclic) bond motifs is 8. The molecule has 0 aliphatic rings. The Bertz CT molecular complexity index is 8900. The summed E-state index contributed by atoms with van der Waals surface area (Å²) in [7, 11) is 0. The average Bonchev–Trinajstić information content (AvgIpc) is 1.55. The lowest BCUT2D eigenvalue weighted by molar-refractivity contribution is 1.00. The molecule has 0 atom stereocenters. The van der Waals surface area contributed by atoms with Gasteiger partial charge in [0.1, 0.15) is 23.0 Å². The molecule has 0 bridgehead atoms. The first kappa shape index (κ1) is 87.2. The van der Waals surface area contributed by atoms with Crippen molar-refractivity contribution in [3.8, 4) is 169 Å². The molecule has 0 amide bonds. The predicted molar refractivity (Wildman–Crippen MR) is 603 cm³/mol. The van der Waals surface area contributed by atoms with Crippen LogP contribution in [0.3, 0.4) is 0 Å². The highest BCUT2D eigenvalue weighted by atomic mass is 15.1. The van der Waals surface area contributed by atoms with Crippen LogP contribution in [0.5, 0.6) is 0 Å². The van der Waals surface area contributed by atoms with Crippen molar-refractivity contribution >= 4 is 86.7 Å². The van der Waals surface area contributed by atoms with Gasteiger partial charge in [-0.2, -0.15) is 0 Å². The second-order valence-corrected chi connectivity index (χ2v) is 36.6. The molecular weight excluding hydrogens is 1760 g/mol. The van der Waals surface area contributed by atoms with Gasteiger partial charge in [0, 0.05) is 33.6 Å². The Morgan fingerprint density at radius 3 is 0.800 bits per heavy atom. The zero-order valence-corrected chi connectivity index (χ0v) is 79.3. The third-order valence-electron chi connectivity index (χ3n) is 27.6. The summed E-state index contributed by atoms with van der Waals surface area (Å²) in [6, 6.07) is 188. The highest BCUT2D eigenvalue weighted by Gasteiger charge is 2.25. The van der Waals surface area contributed by atoms with Crippen molar-refractivity contribution in [2.75, 3.05) is 0 Å². The van der Waals surface area contributed by atoms with E-state index in [1.54, 1.807) is 0 Å². The Balaban J connectivity index is 0.000000116. The van der Waals surface area contributed by atoms with Crippen LogP contribution in [-0.4, -0.2) is 44.0 Å². The van der Waals surface area contributed by atoms with Crippen LogP contribution in [0.4, 0.5) is 0 Å². The van der Waals surface area contributed by atoms with Gasteiger partial charge >= 0.3 is 0 Å². The van der Waals surface area contributed by atoms with Gasteiger partial charge in [0.25, 0.3) is 0 Å². The molecule has 27 aromatic rings. The van der Waals surface area contributed by atoms with Gasteiger partial charge in [-0.1, -0.05) is 431 Å². The number of hydrogen-bond acceptors (Lipinski definition) is 7. The number of benzene rings is 22. The highest BCUT2D eigenvalue weighted by Crippen LogP contribution is 2.49. The van der Waals surface area contributed by atoms with E-state index >= 15 is 0 Å². The Morgan fingerprint density at radius 2 is 0.421 bits per heavy atom. The molecule has 5 aromatic heterocycles. The van der Waals surface area contributed by atoms with Crippen molar-refractivity contribution in [3.63, 3.8) is 0 Å². The van der Waals surface area contributed by atoms with Crippen LogP contribution in [0.15, 0.2) is 534 Å². The van der Waals surface area contributed by atoms with Gasteiger partial charge in [-0.25, -0.2) is 34.9 Å². The minimum Gasteiger partial charge on any atom is -0.297 e. The van der Waals surface area contributed by atoms with Crippen LogP contribution in [0.2, 0.25) is 0 Å². The summed E-state index contributed by atoms with van der Waals surface area (Å²) in [5.74, 6) is 3.35. The monoisotopic (exact) mass is 1850 g/mol. The molecule has 0 N–H and O–H groups in total. The normalized spacial score (nSPS) is 11.3. The number of aromatic nitrogens is 9. The van der Waals surface area contributed by atoms with E-state index in [-0.39, 0.29) is 0 Å². The lowest BCUT2D eigenvalue weighted by Crippen LogP contribution is -2.04. The van der Waals surface area contributed by atoms with Crippen LogP contribution < -0.4 is 0 Å². The summed E-state index contributed by atoms with van der Waals surface area (Å²) >= 11 is 0. The summed E-state index contributed by atoms with van der Waals surface area (Å²) in [6.45, 7) is 2.07. The zero-order valence-electron chi connectivity index (χ0n) is 79.3. The number of rotatable bonds is 16. The fraction of sp³-hybridized carbons (Fsp3) is 0.00735.